The first kappa shape index (κ1) is 39.9. The van der Waals surface area contributed by atoms with Gasteiger partial charge in [-0.25, -0.2) is 13.2 Å². The fraction of sp³-hybridized carbons (Fsp3) is 0.868. The third kappa shape index (κ3) is 8.87. The lowest BCUT2D eigenvalue weighted by Gasteiger charge is -2.44. The minimum atomic E-state index is -3.86. The van der Waals surface area contributed by atoms with Crippen LogP contribution in [0.2, 0.25) is 0 Å². The largest absolute Gasteiger partial charge is 0.347 e. The molecule has 5 aliphatic carbocycles. The summed E-state index contributed by atoms with van der Waals surface area (Å²) in [5.41, 5.74) is -1.83. The average Bonchev–Trinajstić information content (AvgIpc) is 4.07. The molecule has 0 aromatic rings. The van der Waals surface area contributed by atoms with Crippen molar-refractivity contribution in [1.29, 1.82) is 0 Å². The molecule has 53 heavy (non-hydrogen) atoms. The van der Waals surface area contributed by atoms with Crippen molar-refractivity contribution in [2.45, 2.75) is 153 Å². The van der Waals surface area contributed by atoms with Crippen LogP contribution >= 0.6 is 0 Å². The number of fused-ring (bicyclic) bond motifs is 1. The zero-order valence-electron chi connectivity index (χ0n) is 32.3. The SMILES string of the molecule is CON(C)S(=O)(=O)CC1(NC(=O)NC(C(=O)N2CC3C(C2C(=O)NC(CCC2CC2)C(=O)C(=O)NC2CC2)C3(C)C)C2(C)CCCCC2)CCCCC1. The maximum absolute atomic E-state index is 14.9. The first-order chi connectivity index (χ1) is 25.0. The van der Waals surface area contributed by atoms with Crippen LogP contribution in [0.4, 0.5) is 4.79 Å². The zero-order chi connectivity index (χ0) is 38.3. The number of rotatable bonds is 16. The molecule has 0 bridgehead atoms. The van der Waals surface area contributed by atoms with Gasteiger partial charge >= 0.3 is 6.03 Å². The molecule has 0 spiro atoms. The minimum absolute atomic E-state index is 0.00840. The molecule has 5 unspecified atom stereocenters. The second-order valence-electron chi connectivity index (χ2n) is 18.0. The van der Waals surface area contributed by atoms with E-state index in [1.54, 1.807) is 4.90 Å². The van der Waals surface area contributed by atoms with Gasteiger partial charge in [-0.15, -0.1) is 0 Å². The molecule has 5 saturated carbocycles. The highest BCUT2D eigenvalue weighted by Gasteiger charge is 2.70. The lowest BCUT2D eigenvalue weighted by molar-refractivity contribution is -0.146. The van der Waals surface area contributed by atoms with E-state index in [1.807, 2.05) is 6.92 Å². The van der Waals surface area contributed by atoms with Crippen molar-refractivity contribution in [2.75, 3.05) is 26.5 Å². The molecule has 0 radical (unpaired) electrons. The second kappa shape index (κ2) is 15.4. The van der Waals surface area contributed by atoms with Crippen LogP contribution in [0, 0.1) is 28.6 Å². The Morgan fingerprint density at radius 2 is 1.51 bits per heavy atom. The Kier molecular flexibility index (Phi) is 11.6. The molecule has 0 aromatic carbocycles. The van der Waals surface area contributed by atoms with Gasteiger partial charge in [0.05, 0.1) is 24.4 Å². The lowest BCUT2D eigenvalue weighted by Crippen LogP contribution is -2.65. The summed E-state index contributed by atoms with van der Waals surface area (Å²) in [6.07, 6.45) is 12.5. The predicted octanol–water partition coefficient (Wildman–Crippen LogP) is 3.16. The van der Waals surface area contributed by atoms with E-state index >= 15 is 0 Å². The van der Waals surface area contributed by atoms with Gasteiger partial charge in [-0.05, 0) is 80.0 Å². The Balaban J connectivity index is 1.23. The number of nitrogens with one attached hydrogen (secondary N) is 4. The number of hydroxylamine groups is 1. The van der Waals surface area contributed by atoms with Crippen LogP contribution in [0.3, 0.4) is 0 Å². The maximum Gasteiger partial charge on any atom is 0.315 e. The maximum atomic E-state index is 14.9. The second-order valence-corrected chi connectivity index (χ2v) is 20.0. The molecule has 5 atom stereocenters. The molecular weight excluding hydrogens is 701 g/mol. The number of likely N-dealkylation sites (tertiary alicyclic amines) is 1. The number of carbonyl (C=O) groups is 5. The molecule has 298 valence electrons. The quantitative estimate of drug-likeness (QED) is 0.137. The summed E-state index contributed by atoms with van der Waals surface area (Å²) in [5.74, 6) is -1.99. The number of sulfonamides is 1. The summed E-state index contributed by atoms with van der Waals surface area (Å²) in [6, 6.07) is -3.40. The van der Waals surface area contributed by atoms with Gasteiger partial charge in [0.2, 0.25) is 27.6 Å². The molecule has 1 heterocycles. The number of piperidine rings is 1. The zero-order valence-corrected chi connectivity index (χ0v) is 33.2. The van der Waals surface area contributed by atoms with Gasteiger partial charge in [-0.2, -0.15) is 0 Å². The summed E-state index contributed by atoms with van der Waals surface area (Å²) in [6.45, 7) is 6.55. The standard InChI is InChI=1S/C38H62N6O8S/c1-36(2)26-22-44(29(28(26)36)32(46)40-27(17-14-24-12-13-24)30(45)33(47)39-25-15-16-25)34(48)31(37(3)18-8-6-9-19-37)41-35(49)42-38(20-10-7-11-21-38)23-53(50,51)43(4)52-5/h24-29,31H,6-23H2,1-5H3,(H,39,47)(H,40,46)(H2,41,42,49). The van der Waals surface area contributed by atoms with E-state index in [-0.39, 0.29) is 35.0 Å². The summed E-state index contributed by atoms with van der Waals surface area (Å²) < 4.78 is 27.2. The van der Waals surface area contributed by atoms with Crippen molar-refractivity contribution in [2.24, 2.45) is 28.6 Å². The van der Waals surface area contributed by atoms with Crippen LogP contribution in [0.15, 0.2) is 0 Å². The van der Waals surface area contributed by atoms with E-state index in [0.29, 0.717) is 44.6 Å². The normalized spacial score (nSPS) is 28.3. The fourth-order valence-electron chi connectivity index (χ4n) is 9.63. The summed E-state index contributed by atoms with van der Waals surface area (Å²) in [7, 11) is -1.26. The Morgan fingerprint density at radius 1 is 0.887 bits per heavy atom. The van der Waals surface area contributed by atoms with Gasteiger partial charge in [-0.1, -0.05) is 76.6 Å². The smallest absolute Gasteiger partial charge is 0.315 e. The van der Waals surface area contributed by atoms with Gasteiger partial charge in [0, 0.05) is 19.6 Å². The summed E-state index contributed by atoms with van der Waals surface area (Å²) >= 11 is 0. The van der Waals surface area contributed by atoms with Crippen LogP contribution in [0.1, 0.15) is 124 Å². The van der Waals surface area contributed by atoms with Crippen LogP contribution in [-0.2, 0) is 34.0 Å². The molecule has 1 aliphatic heterocycles. The van der Waals surface area contributed by atoms with Crippen LogP contribution in [-0.4, -0.2) is 103 Å². The Hall–Kier alpha value is -2.78. The molecule has 15 heteroatoms. The molecule has 6 aliphatic rings. The highest BCUT2D eigenvalue weighted by Crippen LogP contribution is 2.65. The molecule has 6 rings (SSSR count). The Morgan fingerprint density at radius 3 is 2.09 bits per heavy atom. The highest BCUT2D eigenvalue weighted by molar-refractivity contribution is 7.89. The average molecular weight is 763 g/mol. The van der Waals surface area contributed by atoms with Crippen LogP contribution < -0.4 is 21.3 Å². The number of hydrogen-bond acceptors (Lipinski definition) is 8. The van der Waals surface area contributed by atoms with E-state index in [1.165, 1.54) is 14.2 Å². The van der Waals surface area contributed by atoms with E-state index in [0.717, 1.165) is 75.1 Å². The van der Waals surface area contributed by atoms with Crippen molar-refractivity contribution in [1.82, 2.24) is 30.6 Å². The van der Waals surface area contributed by atoms with Crippen LogP contribution in [0.5, 0.6) is 0 Å². The monoisotopic (exact) mass is 762 g/mol. The Bertz CT molecular complexity index is 1530. The van der Waals surface area contributed by atoms with Crippen molar-refractivity contribution >= 4 is 39.6 Å². The number of urea groups is 1. The number of nitrogens with zero attached hydrogens (tertiary/aromatic N) is 2. The molecule has 6 fully saturated rings. The van der Waals surface area contributed by atoms with E-state index in [4.69, 9.17) is 4.84 Å². The molecular formula is C38H62N6O8S. The van der Waals surface area contributed by atoms with Gasteiger partial charge in [0.1, 0.15) is 12.1 Å². The van der Waals surface area contributed by atoms with E-state index < -0.39 is 62.7 Å². The predicted molar refractivity (Wildman–Crippen MR) is 197 cm³/mol. The van der Waals surface area contributed by atoms with Gasteiger partial charge in [0.25, 0.3) is 5.91 Å². The first-order valence-electron chi connectivity index (χ1n) is 20.1. The molecule has 1 saturated heterocycles. The number of amides is 5. The molecule has 0 aromatic heterocycles. The molecule has 14 nitrogen and oxygen atoms in total. The van der Waals surface area contributed by atoms with Crippen molar-refractivity contribution in [3.63, 3.8) is 0 Å². The number of hydrogen-bond donors (Lipinski definition) is 4. The summed E-state index contributed by atoms with van der Waals surface area (Å²) in [4.78, 5) is 76.3. The highest BCUT2D eigenvalue weighted by atomic mass is 32.2. The van der Waals surface area contributed by atoms with E-state index in [2.05, 4.69) is 35.1 Å². The first-order valence-corrected chi connectivity index (χ1v) is 21.7. The number of ketones is 1. The van der Waals surface area contributed by atoms with Crippen molar-refractivity contribution in [3.05, 3.63) is 0 Å². The summed E-state index contributed by atoms with van der Waals surface area (Å²) in [5, 5.41) is 11.8. The topological polar surface area (TPSA) is 183 Å². The Labute approximate surface area is 315 Å². The van der Waals surface area contributed by atoms with Gasteiger partial charge < -0.3 is 26.2 Å². The van der Waals surface area contributed by atoms with Crippen molar-refractivity contribution < 1.29 is 37.2 Å². The van der Waals surface area contributed by atoms with Gasteiger partial charge in [-0.3, -0.25) is 24.0 Å². The van der Waals surface area contributed by atoms with Crippen molar-refractivity contribution in [3.8, 4) is 0 Å². The number of Topliss-reactive ketones (excluding diaryl/α,β-unsaturated/α-hetero) is 1. The van der Waals surface area contributed by atoms with Gasteiger partial charge in [0.15, 0.2) is 0 Å². The third-order valence-electron chi connectivity index (χ3n) is 13.6. The van der Waals surface area contributed by atoms with Crippen LogP contribution in [0.25, 0.3) is 0 Å². The minimum Gasteiger partial charge on any atom is -0.347 e. The van der Waals surface area contributed by atoms with E-state index in [9.17, 15) is 32.4 Å². The fourth-order valence-corrected chi connectivity index (χ4v) is 11.1. The lowest BCUT2D eigenvalue weighted by atomic mass is 9.70. The molecule has 4 N–H and O–H groups in total. The third-order valence-corrected chi connectivity index (χ3v) is 15.5. The number of carbonyl (C=O) groups excluding carboxylic acids is 5. The molecule has 5 amide bonds.